The molecule has 1 N–H and O–H groups in total. The maximum Gasteiger partial charge on any atom is 0.410 e. The van der Waals surface area contributed by atoms with E-state index in [2.05, 4.69) is 11.9 Å². The molecule has 1 aromatic heterocycles. The van der Waals surface area contributed by atoms with Gasteiger partial charge in [0.2, 0.25) is 0 Å². The van der Waals surface area contributed by atoms with Crippen LogP contribution in [0.3, 0.4) is 0 Å². The Bertz CT molecular complexity index is 1200. The smallest absolute Gasteiger partial charge is 0.410 e. The third-order valence-corrected chi connectivity index (χ3v) is 7.09. The summed E-state index contributed by atoms with van der Waals surface area (Å²) in [7, 11) is 0. The molecule has 38 heavy (non-hydrogen) atoms. The molecule has 1 aliphatic heterocycles. The number of hydrogen-bond donors (Lipinski definition) is 1. The maximum absolute atomic E-state index is 13.6. The van der Waals surface area contributed by atoms with Crippen LogP contribution in [-0.2, 0) is 4.74 Å². The third-order valence-electron chi connectivity index (χ3n) is 7.09. The van der Waals surface area contributed by atoms with Crippen LogP contribution in [0.4, 0.5) is 4.79 Å². The minimum Gasteiger partial charge on any atom is -0.494 e. The van der Waals surface area contributed by atoms with Gasteiger partial charge in [0.15, 0.2) is 0 Å². The van der Waals surface area contributed by atoms with E-state index in [9.17, 15) is 9.59 Å². The number of nitrogens with zero attached hydrogens (tertiary/aromatic N) is 2. The van der Waals surface area contributed by atoms with Gasteiger partial charge in [0.1, 0.15) is 11.4 Å². The minimum atomic E-state index is -0.504. The zero-order valence-electron chi connectivity index (χ0n) is 23.1. The highest BCUT2D eigenvalue weighted by Crippen LogP contribution is 2.39. The number of aromatic nitrogens is 1. The quantitative estimate of drug-likeness (QED) is 0.454. The van der Waals surface area contributed by atoms with Gasteiger partial charge in [-0.15, -0.1) is 0 Å². The molecule has 0 bridgehead atoms. The lowest BCUT2D eigenvalue weighted by Crippen LogP contribution is -2.38. The van der Waals surface area contributed by atoms with E-state index in [1.54, 1.807) is 6.08 Å². The summed E-state index contributed by atoms with van der Waals surface area (Å²) in [6.45, 7) is 15.2. The molecule has 2 heterocycles. The molecule has 4 rings (SSSR count). The molecule has 2 aliphatic rings. The third kappa shape index (κ3) is 6.44. The molecule has 0 spiro atoms. The molecular weight excluding hydrogens is 478 g/mol. The first-order valence-electron chi connectivity index (χ1n) is 13.4. The summed E-state index contributed by atoms with van der Waals surface area (Å²) >= 11 is 0. The summed E-state index contributed by atoms with van der Waals surface area (Å²) in [5, 5.41) is 3.27. The predicted molar refractivity (Wildman–Crippen MR) is 150 cm³/mol. The van der Waals surface area contributed by atoms with Crippen LogP contribution in [0.15, 0.2) is 49.1 Å². The van der Waals surface area contributed by atoms with Crippen LogP contribution in [0.25, 0.3) is 17.3 Å². The van der Waals surface area contributed by atoms with Gasteiger partial charge in [-0.25, -0.2) is 4.79 Å². The highest BCUT2D eigenvalue weighted by atomic mass is 16.6. The number of carbonyl (C=O) groups excluding carboxylic acids is 2. The Hall–Kier alpha value is -3.61. The van der Waals surface area contributed by atoms with Crippen LogP contribution < -0.4 is 10.1 Å². The Morgan fingerprint density at radius 1 is 1.16 bits per heavy atom. The van der Waals surface area contributed by atoms with Gasteiger partial charge < -0.3 is 19.7 Å². The van der Waals surface area contributed by atoms with Gasteiger partial charge >= 0.3 is 6.09 Å². The second kappa shape index (κ2) is 11.4. The number of rotatable bonds is 7. The van der Waals surface area contributed by atoms with Crippen LogP contribution in [0.2, 0.25) is 0 Å². The van der Waals surface area contributed by atoms with Crippen LogP contribution in [0.5, 0.6) is 5.75 Å². The number of ether oxygens (including phenoxy) is 2. The van der Waals surface area contributed by atoms with Gasteiger partial charge in [-0.05, 0) is 89.6 Å². The summed E-state index contributed by atoms with van der Waals surface area (Å²) in [4.78, 5) is 32.7. The molecule has 1 aliphatic carbocycles. The summed E-state index contributed by atoms with van der Waals surface area (Å²) in [6.07, 6.45) is 6.85. The first kappa shape index (κ1) is 27.4. The average Bonchev–Trinajstić information content (AvgIpc) is 3.41. The highest BCUT2D eigenvalue weighted by Gasteiger charge is 2.43. The van der Waals surface area contributed by atoms with Crippen molar-refractivity contribution in [1.82, 2.24) is 15.2 Å². The standard InChI is InChI=1S/C31H39N3O4/c1-7-9-10-26-20(3)32-28(21-11-13-25(14-12-21)37-8-2)17-27(26)29(35)33-24-15-22-18-34(19-23(22)16-24)30(36)38-31(4,5)6/h7,9-14,17,22-24H,1,8,15-16,18-19H2,2-6H3,(H,33,35)/b10-9-/t22-,23+,24?. The van der Waals surface area contributed by atoms with E-state index in [0.717, 1.165) is 41.1 Å². The molecular formula is C31H39N3O4. The van der Waals surface area contributed by atoms with Gasteiger partial charge in [-0.2, -0.15) is 0 Å². The molecule has 7 heteroatoms. The molecule has 1 aromatic carbocycles. The van der Waals surface area contributed by atoms with Gasteiger partial charge in [0.25, 0.3) is 5.91 Å². The van der Waals surface area contributed by atoms with Crippen molar-refractivity contribution in [3.05, 3.63) is 65.9 Å². The molecule has 2 fully saturated rings. The Morgan fingerprint density at radius 3 is 2.39 bits per heavy atom. The molecule has 202 valence electrons. The van der Waals surface area contributed by atoms with Crippen molar-refractivity contribution < 1.29 is 19.1 Å². The number of likely N-dealkylation sites (tertiary alicyclic amines) is 1. The Balaban J connectivity index is 1.49. The number of hydrogen-bond acceptors (Lipinski definition) is 5. The molecule has 7 nitrogen and oxygen atoms in total. The van der Waals surface area contributed by atoms with Crippen LogP contribution >= 0.6 is 0 Å². The van der Waals surface area contributed by atoms with Crippen molar-refractivity contribution in [2.45, 2.75) is 59.1 Å². The van der Waals surface area contributed by atoms with Crippen molar-refractivity contribution >= 4 is 18.1 Å². The SMILES string of the molecule is C=C/C=C\c1c(C(=O)NC2C[C@@H]3CN(C(=O)OC(C)(C)C)C[C@@H]3C2)cc(-c2ccc(OCC)cc2)nc1C. The van der Waals surface area contributed by atoms with Crippen molar-refractivity contribution in [2.24, 2.45) is 11.8 Å². The van der Waals surface area contributed by atoms with E-state index in [1.807, 2.05) is 82.0 Å². The number of fused-ring (bicyclic) bond motifs is 1. The second-order valence-corrected chi connectivity index (χ2v) is 11.2. The number of benzene rings is 1. The lowest BCUT2D eigenvalue weighted by atomic mass is 10.0. The number of carbonyl (C=O) groups is 2. The van der Waals surface area contributed by atoms with E-state index in [-0.39, 0.29) is 18.0 Å². The normalized spacial score (nSPS) is 20.9. The molecule has 0 radical (unpaired) electrons. The molecule has 3 atom stereocenters. The molecule has 1 saturated heterocycles. The number of amides is 2. The molecule has 2 amide bonds. The van der Waals surface area contributed by atoms with E-state index in [0.29, 0.717) is 37.1 Å². The monoisotopic (exact) mass is 517 g/mol. The molecule has 2 aromatic rings. The first-order chi connectivity index (χ1) is 18.1. The summed E-state index contributed by atoms with van der Waals surface area (Å²) in [5.74, 6) is 1.42. The zero-order valence-corrected chi connectivity index (χ0v) is 23.1. The van der Waals surface area contributed by atoms with Crippen molar-refractivity contribution in [3.63, 3.8) is 0 Å². The summed E-state index contributed by atoms with van der Waals surface area (Å²) < 4.78 is 11.1. The number of allylic oxidation sites excluding steroid dienone is 2. The van der Waals surface area contributed by atoms with Gasteiger partial charge in [-0.3, -0.25) is 9.78 Å². The van der Waals surface area contributed by atoms with Crippen molar-refractivity contribution in [2.75, 3.05) is 19.7 Å². The van der Waals surface area contributed by atoms with E-state index in [1.165, 1.54) is 0 Å². The lowest BCUT2D eigenvalue weighted by molar-refractivity contribution is 0.0278. The summed E-state index contributed by atoms with van der Waals surface area (Å²) in [5.41, 5.74) is 3.30. The minimum absolute atomic E-state index is 0.0666. The van der Waals surface area contributed by atoms with E-state index < -0.39 is 5.60 Å². The lowest BCUT2D eigenvalue weighted by Gasteiger charge is -2.25. The molecule has 1 saturated carbocycles. The second-order valence-electron chi connectivity index (χ2n) is 11.2. The maximum atomic E-state index is 13.6. The topological polar surface area (TPSA) is 80.8 Å². The highest BCUT2D eigenvalue weighted by molar-refractivity contribution is 5.99. The fourth-order valence-corrected chi connectivity index (χ4v) is 5.44. The average molecular weight is 518 g/mol. The van der Waals surface area contributed by atoms with Crippen LogP contribution in [-0.4, -0.2) is 53.2 Å². The van der Waals surface area contributed by atoms with Crippen molar-refractivity contribution in [1.29, 1.82) is 0 Å². The Kier molecular flexibility index (Phi) is 8.24. The molecule has 1 unspecified atom stereocenters. The fourth-order valence-electron chi connectivity index (χ4n) is 5.44. The number of aryl methyl sites for hydroxylation is 1. The summed E-state index contributed by atoms with van der Waals surface area (Å²) in [6, 6.07) is 9.68. The van der Waals surface area contributed by atoms with E-state index in [4.69, 9.17) is 14.5 Å². The zero-order chi connectivity index (χ0) is 27.4. The Labute approximate surface area is 225 Å². The van der Waals surface area contributed by atoms with Gasteiger partial charge in [0.05, 0.1) is 17.9 Å². The first-order valence-corrected chi connectivity index (χ1v) is 13.4. The largest absolute Gasteiger partial charge is 0.494 e. The van der Waals surface area contributed by atoms with Crippen LogP contribution in [0, 0.1) is 18.8 Å². The number of pyridine rings is 1. The van der Waals surface area contributed by atoms with E-state index >= 15 is 0 Å². The fraction of sp³-hybridized carbons (Fsp3) is 0.452. The number of nitrogens with one attached hydrogen (secondary N) is 1. The Morgan fingerprint density at radius 2 is 1.82 bits per heavy atom. The van der Waals surface area contributed by atoms with Crippen LogP contribution in [0.1, 0.15) is 62.2 Å². The predicted octanol–water partition coefficient (Wildman–Crippen LogP) is 6.03. The van der Waals surface area contributed by atoms with Gasteiger partial charge in [0, 0.05) is 36.0 Å². The van der Waals surface area contributed by atoms with Gasteiger partial charge in [-0.1, -0.05) is 24.8 Å². The van der Waals surface area contributed by atoms with Crippen molar-refractivity contribution in [3.8, 4) is 17.0 Å².